The van der Waals surface area contributed by atoms with E-state index in [1.165, 1.54) is 17.6 Å². The van der Waals surface area contributed by atoms with Crippen LogP contribution in [0.2, 0.25) is 0 Å². The monoisotopic (exact) mass is 368 g/mol. The van der Waals surface area contributed by atoms with E-state index in [0.29, 0.717) is 29.6 Å². The molecule has 2 heterocycles. The molecule has 0 aromatic carbocycles. The van der Waals surface area contributed by atoms with E-state index in [-0.39, 0.29) is 0 Å². The second-order valence-electron chi connectivity index (χ2n) is 8.39. The Morgan fingerprint density at radius 3 is 2.70 bits per heavy atom. The molecule has 5 nitrogen and oxygen atoms in total. The van der Waals surface area contributed by atoms with Gasteiger partial charge in [0.05, 0.1) is 0 Å². The van der Waals surface area contributed by atoms with Crippen molar-refractivity contribution in [1.82, 2.24) is 20.1 Å². The highest BCUT2D eigenvalue weighted by Crippen LogP contribution is 2.39. The minimum absolute atomic E-state index is 0.497. The zero-order chi connectivity index (χ0) is 19.4. The number of rotatable bonds is 7. The first-order chi connectivity index (χ1) is 12.9. The van der Waals surface area contributed by atoms with Gasteiger partial charge in [-0.05, 0) is 55.7 Å². The number of pyridine rings is 1. The van der Waals surface area contributed by atoms with Crippen LogP contribution in [0.15, 0.2) is 40.6 Å². The van der Waals surface area contributed by atoms with E-state index in [9.17, 15) is 0 Å². The van der Waals surface area contributed by atoms with Crippen molar-refractivity contribution in [3.63, 3.8) is 0 Å². The Bertz CT molecular complexity index is 753. The summed E-state index contributed by atoms with van der Waals surface area (Å²) >= 11 is 0. The molecule has 146 valence electrons. The number of nitrogens with zero attached hydrogens (tertiary/aromatic N) is 4. The molecular weight excluding hydrogens is 336 g/mol. The van der Waals surface area contributed by atoms with E-state index < -0.39 is 0 Å². The van der Waals surface area contributed by atoms with Gasteiger partial charge in [-0.1, -0.05) is 31.6 Å². The van der Waals surface area contributed by atoms with Crippen molar-refractivity contribution in [3.8, 4) is 0 Å². The van der Waals surface area contributed by atoms with Gasteiger partial charge < -0.3 is 9.32 Å². The van der Waals surface area contributed by atoms with E-state index in [1.807, 2.05) is 25.4 Å². The molecule has 0 fully saturated rings. The molecule has 0 N–H and O–H groups in total. The minimum atomic E-state index is 0.497. The van der Waals surface area contributed by atoms with E-state index in [1.54, 1.807) is 0 Å². The highest BCUT2D eigenvalue weighted by atomic mass is 16.4. The second kappa shape index (κ2) is 8.79. The first-order valence-corrected chi connectivity index (χ1v) is 9.97. The summed E-state index contributed by atoms with van der Waals surface area (Å²) in [5, 5.41) is 8.18. The molecule has 0 saturated carbocycles. The van der Waals surface area contributed by atoms with Gasteiger partial charge in [-0.3, -0.25) is 4.98 Å². The first-order valence-electron chi connectivity index (χ1n) is 9.97. The number of hydrogen-bond acceptors (Lipinski definition) is 5. The van der Waals surface area contributed by atoms with Gasteiger partial charge in [0, 0.05) is 38.8 Å². The Morgan fingerprint density at radius 2 is 2.07 bits per heavy atom. The molecule has 1 aliphatic carbocycles. The Morgan fingerprint density at radius 1 is 1.26 bits per heavy atom. The molecule has 3 atom stereocenters. The number of hydrogen-bond donors (Lipinski definition) is 0. The molecular formula is C22H32N4O. The summed E-state index contributed by atoms with van der Waals surface area (Å²) in [5.41, 5.74) is 2.73. The summed E-state index contributed by atoms with van der Waals surface area (Å²) < 4.78 is 5.62. The van der Waals surface area contributed by atoms with Gasteiger partial charge in [0.1, 0.15) is 0 Å². The SMILES string of the molecule is CC1=C[C@@H](CN(C)Cc2cccnc2)[C@H](C(C)C)C[C@@H]1Cc1nnc(C)o1. The highest BCUT2D eigenvalue weighted by Gasteiger charge is 2.32. The van der Waals surface area contributed by atoms with Crippen LogP contribution in [-0.4, -0.2) is 33.7 Å². The maximum absolute atomic E-state index is 5.62. The van der Waals surface area contributed by atoms with Crippen LogP contribution in [0.25, 0.3) is 0 Å². The topological polar surface area (TPSA) is 55.1 Å². The summed E-state index contributed by atoms with van der Waals surface area (Å²) in [6.07, 6.45) is 8.33. The molecule has 2 aromatic heterocycles. The van der Waals surface area contributed by atoms with Crippen LogP contribution < -0.4 is 0 Å². The summed E-state index contributed by atoms with van der Waals surface area (Å²) in [7, 11) is 2.21. The van der Waals surface area contributed by atoms with E-state index in [2.05, 4.69) is 60.0 Å². The molecule has 0 radical (unpaired) electrons. The van der Waals surface area contributed by atoms with Crippen molar-refractivity contribution in [2.75, 3.05) is 13.6 Å². The third-order valence-electron chi connectivity index (χ3n) is 5.77. The molecule has 0 amide bonds. The van der Waals surface area contributed by atoms with Gasteiger partial charge in [0.25, 0.3) is 0 Å². The predicted molar refractivity (Wildman–Crippen MR) is 107 cm³/mol. The summed E-state index contributed by atoms with van der Waals surface area (Å²) in [5.74, 6) is 3.80. The molecule has 1 aliphatic rings. The lowest BCUT2D eigenvalue weighted by Gasteiger charge is -2.38. The molecule has 2 aromatic rings. The summed E-state index contributed by atoms with van der Waals surface area (Å²) in [6, 6.07) is 4.16. The van der Waals surface area contributed by atoms with Crippen LogP contribution >= 0.6 is 0 Å². The maximum Gasteiger partial charge on any atom is 0.217 e. The standard InChI is InChI=1S/C22H32N4O/c1-15(2)21-10-19(11-22-25-24-17(4)27-22)16(3)9-20(21)14-26(5)13-18-7-6-8-23-12-18/h6-9,12,15,19-21H,10-11,13-14H2,1-5H3/t19-,20+,21+/m1/s1. The third kappa shape index (κ3) is 5.25. The zero-order valence-electron chi connectivity index (χ0n) is 17.2. The number of allylic oxidation sites excluding steroid dienone is 1. The first kappa shape index (κ1) is 19.7. The average Bonchev–Trinajstić information content (AvgIpc) is 3.02. The van der Waals surface area contributed by atoms with Gasteiger partial charge in [-0.2, -0.15) is 0 Å². The lowest BCUT2D eigenvalue weighted by molar-refractivity contribution is 0.172. The number of aryl methyl sites for hydroxylation is 1. The van der Waals surface area contributed by atoms with Gasteiger partial charge in [-0.25, -0.2) is 0 Å². The lowest BCUT2D eigenvalue weighted by atomic mass is 9.69. The van der Waals surface area contributed by atoms with E-state index in [4.69, 9.17) is 4.42 Å². The molecule has 0 saturated heterocycles. The van der Waals surface area contributed by atoms with Crippen LogP contribution in [0.4, 0.5) is 0 Å². The van der Waals surface area contributed by atoms with Crippen molar-refractivity contribution < 1.29 is 4.42 Å². The summed E-state index contributed by atoms with van der Waals surface area (Å²) in [4.78, 5) is 6.65. The van der Waals surface area contributed by atoms with Gasteiger partial charge in [0.2, 0.25) is 11.8 Å². The van der Waals surface area contributed by atoms with Crippen molar-refractivity contribution in [2.24, 2.45) is 23.7 Å². The Labute approximate surface area is 162 Å². The van der Waals surface area contributed by atoms with Crippen molar-refractivity contribution >= 4 is 0 Å². The van der Waals surface area contributed by atoms with Crippen molar-refractivity contribution in [2.45, 2.75) is 47.1 Å². The zero-order valence-corrected chi connectivity index (χ0v) is 17.2. The molecule has 0 aliphatic heterocycles. The smallest absolute Gasteiger partial charge is 0.217 e. The predicted octanol–water partition coefficient (Wildman–Crippen LogP) is 4.30. The fourth-order valence-electron chi connectivity index (χ4n) is 4.34. The van der Waals surface area contributed by atoms with E-state index >= 15 is 0 Å². The van der Waals surface area contributed by atoms with Crippen molar-refractivity contribution in [1.29, 1.82) is 0 Å². The largest absolute Gasteiger partial charge is 0.426 e. The second-order valence-corrected chi connectivity index (χ2v) is 8.39. The Balaban J connectivity index is 1.68. The van der Waals surface area contributed by atoms with Crippen LogP contribution in [0.1, 0.15) is 44.5 Å². The number of aromatic nitrogens is 3. The minimum Gasteiger partial charge on any atom is -0.426 e. The third-order valence-corrected chi connectivity index (χ3v) is 5.77. The Hall–Kier alpha value is -2.01. The van der Waals surface area contributed by atoms with Crippen LogP contribution in [0, 0.1) is 30.6 Å². The molecule has 0 unspecified atom stereocenters. The molecule has 5 heteroatoms. The molecule has 3 rings (SSSR count). The van der Waals surface area contributed by atoms with Crippen molar-refractivity contribution in [3.05, 3.63) is 53.5 Å². The molecule has 0 bridgehead atoms. The van der Waals surface area contributed by atoms with Gasteiger partial charge in [0.15, 0.2) is 0 Å². The van der Waals surface area contributed by atoms with Gasteiger partial charge in [-0.15, -0.1) is 10.2 Å². The maximum atomic E-state index is 5.62. The average molecular weight is 369 g/mol. The van der Waals surface area contributed by atoms with Gasteiger partial charge >= 0.3 is 0 Å². The van der Waals surface area contributed by atoms with E-state index in [0.717, 1.165) is 25.4 Å². The molecule has 0 spiro atoms. The quantitative estimate of drug-likeness (QED) is 0.682. The summed E-state index contributed by atoms with van der Waals surface area (Å²) in [6.45, 7) is 10.8. The fourth-order valence-corrected chi connectivity index (χ4v) is 4.34. The normalized spacial score (nSPS) is 23.1. The Kier molecular flexibility index (Phi) is 6.42. The molecule has 27 heavy (non-hydrogen) atoms. The van der Waals surface area contributed by atoms with Crippen LogP contribution in [0.5, 0.6) is 0 Å². The van der Waals surface area contributed by atoms with Crippen LogP contribution in [0.3, 0.4) is 0 Å². The lowest BCUT2D eigenvalue weighted by Crippen LogP contribution is -2.35. The highest BCUT2D eigenvalue weighted by molar-refractivity contribution is 5.14. The van der Waals surface area contributed by atoms with Crippen LogP contribution in [-0.2, 0) is 13.0 Å². The fraction of sp³-hybridized carbons (Fsp3) is 0.591.